The van der Waals surface area contributed by atoms with Crippen LogP contribution in [0.3, 0.4) is 0 Å². The number of hydrogen-bond acceptors (Lipinski definition) is 4. The second-order valence-electron chi connectivity index (χ2n) is 7.26. The lowest BCUT2D eigenvalue weighted by atomic mass is 9.87. The fraction of sp³-hybridized carbons (Fsp3) is 0.632. The molecular weight excluding hydrogens is 502 g/mol. The number of likely N-dealkylation sites (tertiary alicyclic amines) is 1. The molecule has 0 aliphatic carbocycles. The fourth-order valence-corrected chi connectivity index (χ4v) is 3.70. The van der Waals surface area contributed by atoms with Gasteiger partial charge in [0, 0.05) is 38.7 Å². The fourth-order valence-electron chi connectivity index (χ4n) is 3.70. The minimum absolute atomic E-state index is 0. The van der Waals surface area contributed by atoms with Crippen LogP contribution < -0.4 is 14.8 Å². The Labute approximate surface area is 185 Å². The van der Waals surface area contributed by atoms with E-state index in [-0.39, 0.29) is 40.9 Å². The van der Waals surface area contributed by atoms with Crippen LogP contribution in [0.25, 0.3) is 0 Å². The van der Waals surface area contributed by atoms with Gasteiger partial charge in [-0.25, -0.2) is 0 Å². The predicted octanol–water partition coefficient (Wildman–Crippen LogP) is 3.44. The third-order valence-electron chi connectivity index (χ3n) is 5.20. The molecule has 2 aliphatic heterocycles. The Morgan fingerprint density at radius 1 is 1.31 bits per heavy atom. The molecular formula is C19H27F3IN3O3. The molecule has 0 saturated carbocycles. The van der Waals surface area contributed by atoms with Crippen LogP contribution in [0, 0.1) is 5.41 Å². The van der Waals surface area contributed by atoms with Gasteiger partial charge in [0.1, 0.15) is 0 Å². The largest absolute Gasteiger partial charge is 0.493 e. The van der Waals surface area contributed by atoms with E-state index in [9.17, 15) is 13.2 Å². The Hall–Kier alpha value is -1.43. The summed E-state index contributed by atoms with van der Waals surface area (Å²) in [5, 5.41) is 3.32. The lowest BCUT2D eigenvalue weighted by molar-refractivity contribution is -0.153. The highest BCUT2D eigenvalue weighted by Crippen LogP contribution is 2.38. The summed E-state index contributed by atoms with van der Waals surface area (Å²) in [6.07, 6.45) is -2.22. The Bertz CT molecular complexity index is 710. The molecule has 0 radical (unpaired) electrons. The zero-order valence-corrected chi connectivity index (χ0v) is 18.9. The first-order chi connectivity index (χ1) is 13.3. The van der Waals surface area contributed by atoms with E-state index >= 15 is 0 Å². The van der Waals surface area contributed by atoms with Crippen LogP contribution in [-0.2, 0) is 11.3 Å². The Morgan fingerprint density at radius 2 is 2.10 bits per heavy atom. The van der Waals surface area contributed by atoms with E-state index in [1.54, 1.807) is 19.2 Å². The van der Waals surface area contributed by atoms with Crippen LogP contribution >= 0.6 is 24.0 Å². The third kappa shape index (κ3) is 6.27. The number of benzene rings is 1. The van der Waals surface area contributed by atoms with Crippen molar-refractivity contribution in [3.63, 3.8) is 0 Å². The maximum absolute atomic E-state index is 12.4. The summed E-state index contributed by atoms with van der Waals surface area (Å²) >= 11 is 0. The molecule has 1 N–H and O–H groups in total. The van der Waals surface area contributed by atoms with E-state index in [1.165, 1.54) is 13.2 Å². The van der Waals surface area contributed by atoms with Gasteiger partial charge < -0.3 is 24.4 Å². The highest BCUT2D eigenvalue weighted by molar-refractivity contribution is 14.0. The number of rotatable bonds is 5. The molecule has 0 aromatic heterocycles. The number of methoxy groups -OCH3 is 1. The number of nitrogens with zero attached hydrogens (tertiary/aromatic N) is 2. The first-order valence-electron chi connectivity index (χ1n) is 9.24. The van der Waals surface area contributed by atoms with Gasteiger partial charge in [0.05, 0.1) is 13.7 Å². The molecule has 1 unspecified atom stereocenters. The summed E-state index contributed by atoms with van der Waals surface area (Å²) in [4.78, 5) is 6.59. The Morgan fingerprint density at radius 3 is 2.72 bits per heavy atom. The quantitative estimate of drug-likeness (QED) is 0.360. The average molecular weight is 529 g/mol. The van der Waals surface area contributed by atoms with Crippen LogP contribution in [0.2, 0.25) is 0 Å². The molecule has 164 valence electrons. The predicted molar refractivity (Wildman–Crippen MR) is 114 cm³/mol. The molecule has 1 aromatic carbocycles. The summed E-state index contributed by atoms with van der Waals surface area (Å²) in [5.74, 6) is 1.14. The van der Waals surface area contributed by atoms with Gasteiger partial charge in [-0.1, -0.05) is 6.07 Å². The molecule has 2 fully saturated rings. The van der Waals surface area contributed by atoms with Crippen molar-refractivity contribution in [1.82, 2.24) is 10.2 Å². The second kappa shape index (κ2) is 10.1. The number of guanidine groups is 1. The van der Waals surface area contributed by atoms with Gasteiger partial charge in [-0.2, -0.15) is 13.2 Å². The van der Waals surface area contributed by atoms with Crippen molar-refractivity contribution >= 4 is 29.9 Å². The van der Waals surface area contributed by atoms with Crippen LogP contribution in [0.5, 0.6) is 11.5 Å². The van der Waals surface area contributed by atoms with Gasteiger partial charge in [-0.15, -0.1) is 24.0 Å². The number of hydrogen-bond donors (Lipinski definition) is 1. The zero-order valence-electron chi connectivity index (χ0n) is 16.6. The number of aliphatic imine (C=N–C) groups is 1. The molecule has 2 heterocycles. The smallest absolute Gasteiger partial charge is 0.422 e. The average Bonchev–Trinajstić information content (AvgIpc) is 3.30. The molecule has 2 saturated heterocycles. The van der Waals surface area contributed by atoms with Crippen LogP contribution in [0.15, 0.2) is 23.2 Å². The van der Waals surface area contributed by atoms with Crippen molar-refractivity contribution in [2.24, 2.45) is 10.4 Å². The molecule has 1 atom stereocenters. The standard InChI is InChI=1S/C19H26F3N3O3.HI/c1-23-17(25-7-5-18(11-25)6-8-27-12-18)24-10-14-3-4-15(16(9-14)26-2)28-13-19(20,21)22;/h3-4,9H,5-8,10-13H2,1-2H3,(H,23,24);1H. The van der Waals surface area contributed by atoms with Crippen LogP contribution in [0.4, 0.5) is 13.2 Å². The van der Waals surface area contributed by atoms with Gasteiger partial charge in [0.25, 0.3) is 0 Å². The molecule has 0 amide bonds. The number of halogens is 4. The van der Waals surface area contributed by atoms with Crippen molar-refractivity contribution < 1.29 is 27.4 Å². The van der Waals surface area contributed by atoms with Crippen molar-refractivity contribution in [2.45, 2.75) is 25.6 Å². The topological polar surface area (TPSA) is 55.3 Å². The van der Waals surface area contributed by atoms with E-state index in [2.05, 4.69) is 15.2 Å². The SMILES string of the molecule is CN=C(NCc1ccc(OCC(F)(F)F)c(OC)c1)N1CCC2(CCOC2)C1.I. The second-order valence-corrected chi connectivity index (χ2v) is 7.26. The minimum Gasteiger partial charge on any atom is -0.493 e. The summed E-state index contributed by atoms with van der Waals surface area (Å²) in [7, 11) is 3.15. The summed E-state index contributed by atoms with van der Waals surface area (Å²) in [6.45, 7) is 2.59. The molecule has 1 aromatic rings. The molecule has 6 nitrogen and oxygen atoms in total. The monoisotopic (exact) mass is 529 g/mol. The number of ether oxygens (including phenoxy) is 3. The van der Waals surface area contributed by atoms with Gasteiger partial charge in [0.15, 0.2) is 24.1 Å². The van der Waals surface area contributed by atoms with Gasteiger partial charge in [-0.05, 0) is 30.5 Å². The van der Waals surface area contributed by atoms with Crippen LogP contribution in [-0.4, -0.2) is 64.1 Å². The zero-order chi connectivity index (χ0) is 20.2. The highest BCUT2D eigenvalue weighted by atomic mass is 127. The summed E-state index contributed by atoms with van der Waals surface area (Å²) < 4.78 is 52.6. The Balaban J connectivity index is 0.00000300. The summed E-state index contributed by atoms with van der Waals surface area (Å²) in [6, 6.07) is 4.87. The van der Waals surface area contributed by atoms with Gasteiger partial charge in [0.2, 0.25) is 0 Å². The number of nitrogens with one attached hydrogen (secondary N) is 1. The lowest BCUT2D eigenvalue weighted by Gasteiger charge is -2.25. The van der Waals surface area contributed by atoms with Gasteiger partial charge >= 0.3 is 6.18 Å². The molecule has 1 spiro atoms. The number of alkyl halides is 3. The molecule has 0 bridgehead atoms. The lowest BCUT2D eigenvalue weighted by Crippen LogP contribution is -2.41. The molecule has 3 rings (SSSR count). The van der Waals surface area contributed by atoms with E-state index < -0.39 is 12.8 Å². The van der Waals surface area contributed by atoms with E-state index in [4.69, 9.17) is 14.2 Å². The van der Waals surface area contributed by atoms with Crippen molar-refractivity contribution in [2.75, 3.05) is 47.1 Å². The minimum atomic E-state index is -4.39. The van der Waals surface area contributed by atoms with Crippen molar-refractivity contribution in [3.05, 3.63) is 23.8 Å². The first-order valence-corrected chi connectivity index (χ1v) is 9.24. The normalized spacial score (nSPS) is 22.0. The first kappa shape index (κ1) is 23.8. The van der Waals surface area contributed by atoms with Crippen LogP contribution in [0.1, 0.15) is 18.4 Å². The molecule has 29 heavy (non-hydrogen) atoms. The van der Waals surface area contributed by atoms with Gasteiger partial charge in [-0.3, -0.25) is 4.99 Å². The Kier molecular flexibility index (Phi) is 8.27. The molecule has 10 heteroatoms. The van der Waals surface area contributed by atoms with Crippen molar-refractivity contribution in [3.8, 4) is 11.5 Å². The third-order valence-corrected chi connectivity index (χ3v) is 5.20. The van der Waals surface area contributed by atoms with E-state index in [0.29, 0.717) is 6.54 Å². The maximum atomic E-state index is 12.4. The van der Waals surface area contributed by atoms with Crippen molar-refractivity contribution in [1.29, 1.82) is 0 Å². The van der Waals surface area contributed by atoms with E-state index in [1.807, 2.05) is 0 Å². The maximum Gasteiger partial charge on any atom is 0.422 e. The highest BCUT2D eigenvalue weighted by Gasteiger charge is 2.42. The summed E-state index contributed by atoms with van der Waals surface area (Å²) in [5.41, 5.74) is 1.09. The van der Waals surface area contributed by atoms with E-state index in [0.717, 1.165) is 50.7 Å². The molecule has 2 aliphatic rings.